The highest BCUT2D eigenvalue weighted by Crippen LogP contribution is 2.39. The molecule has 0 saturated carbocycles. The molecule has 1 aliphatic heterocycles. The Morgan fingerprint density at radius 3 is 2.56 bits per heavy atom. The Bertz CT molecular complexity index is 1560. The average molecular weight is 530 g/mol. The first kappa shape index (κ1) is 26.1. The molecule has 4 aromatic rings. The summed E-state index contributed by atoms with van der Waals surface area (Å²) < 4.78 is 19.0. The van der Waals surface area contributed by atoms with Crippen LogP contribution in [0.5, 0.6) is 17.2 Å². The highest BCUT2D eigenvalue weighted by molar-refractivity contribution is 5.90. The number of pyridine rings is 1. The number of benzene rings is 2. The molecule has 1 N–H and O–H groups in total. The van der Waals surface area contributed by atoms with E-state index in [9.17, 15) is 14.7 Å². The fraction of sp³-hybridized carbons (Fsp3) is 0.300. The largest absolute Gasteiger partial charge is 0.493 e. The molecule has 9 heteroatoms. The Kier molecular flexibility index (Phi) is 7.15. The number of carboxylic acids is 1. The normalized spacial score (nSPS) is 14.7. The van der Waals surface area contributed by atoms with E-state index in [-0.39, 0.29) is 18.1 Å². The van der Waals surface area contributed by atoms with Gasteiger partial charge >= 0.3 is 5.97 Å². The van der Waals surface area contributed by atoms with Crippen molar-refractivity contribution < 1.29 is 28.9 Å². The van der Waals surface area contributed by atoms with Crippen LogP contribution in [0, 0.1) is 6.92 Å². The van der Waals surface area contributed by atoms with E-state index in [1.165, 1.54) is 6.07 Å². The van der Waals surface area contributed by atoms with Gasteiger partial charge < -0.3 is 28.6 Å². The maximum atomic E-state index is 13.8. The van der Waals surface area contributed by atoms with Crippen molar-refractivity contribution in [2.45, 2.75) is 32.7 Å². The van der Waals surface area contributed by atoms with Crippen molar-refractivity contribution >= 4 is 17.5 Å². The number of ether oxygens (including phenoxy) is 3. The number of amides is 1. The maximum absolute atomic E-state index is 13.8. The first-order chi connectivity index (χ1) is 18.9. The van der Waals surface area contributed by atoms with Crippen LogP contribution in [-0.4, -0.2) is 58.6 Å². The summed E-state index contributed by atoms with van der Waals surface area (Å²) in [4.78, 5) is 32.1. The summed E-state index contributed by atoms with van der Waals surface area (Å²) in [7, 11) is 3.16. The molecule has 0 bridgehead atoms. The number of rotatable bonds is 8. The van der Waals surface area contributed by atoms with E-state index in [4.69, 9.17) is 19.2 Å². The van der Waals surface area contributed by atoms with Crippen LogP contribution in [0.1, 0.15) is 51.4 Å². The third-order valence-corrected chi connectivity index (χ3v) is 7.22. The first-order valence-corrected chi connectivity index (χ1v) is 12.8. The van der Waals surface area contributed by atoms with E-state index in [0.29, 0.717) is 42.2 Å². The van der Waals surface area contributed by atoms with Gasteiger partial charge in [-0.3, -0.25) is 4.79 Å². The highest BCUT2D eigenvalue weighted by Gasteiger charge is 2.36. The Morgan fingerprint density at radius 1 is 1.05 bits per heavy atom. The van der Waals surface area contributed by atoms with Crippen molar-refractivity contribution in [1.29, 1.82) is 0 Å². The summed E-state index contributed by atoms with van der Waals surface area (Å²) in [6, 6.07) is 14.3. The van der Waals surface area contributed by atoms with Gasteiger partial charge in [-0.2, -0.15) is 0 Å². The third-order valence-electron chi connectivity index (χ3n) is 7.22. The minimum Gasteiger partial charge on any atom is -0.493 e. The molecule has 202 valence electrons. The van der Waals surface area contributed by atoms with E-state index in [0.717, 1.165) is 28.2 Å². The molecule has 2 aromatic heterocycles. The van der Waals surface area contributed by atoms with Gasteiger partial charge in [-0.1, -0.05) is 25.1 Å². The van der Waals surface area contributed by atoms with Crippen LogP contribution in [0.4, 0.5) is 0 Å². The predicted octanol–water partition coefficient (Wildman–Crippen LogP) is 4.47. The van der Waals surface area contributed by atoms with Gasteiger partial charge in [-0.05, 0) is 60.4 Å². The topological polar surface area (TPSA) is 103 Å². The molecule has 1 atom stereocenters. The van der Waals surface area contributed by atoms with Crippen molar-refractivity contribution in [3.63, 3.8) is 0 Å². The van der Waals surface area contributed by atoms with Crippen molar-refractivity contribution in [2.75, 3.05) is 27.4 Å². The number of methoxy groups -OCH3 is 2. The van der Waals surface area contributed by atoms with Crippen LogP contribution in [-0.2, 0) is 17.6 Å². The molecular weight excluding hydrogens is 498 g/mol. The number of imidazole rings is 1. The molecule has 39 heavy (non-hydrogen) atoms. The summed E-state index contributed by atoms with van der Waals surface area (Å²) in [6.45, 7) is 3.94. The molecule has 1 aliphatic rings. The zero-order valence-corrected chi connectivity index (χ0v) is 22.4. The summed E-state index contributed by atoms with van der Waals surface area (Å²) in [5.41, 5.74) is 5.18. The number of carboxylic acid groups (broad SMARTS) is 1. The second kappa shape index (κ2) is 10.7. The Hall–Kier alpha value is -4.53. The number of aromatic nitrogens is 2. The van der Waals surface area contributed by atoms with E-state index in [2.05, 4.69) is 0 Å². The molecule has 3 heterocycles. The van der Waals surface area contributed by atoms with Gasteiger partial charge in [0, 0.05) is 19.2 Å². The molecule has 0 spiro atoms. The van der Waals surface area contributed by atoms with Crippen LogP contribution >= 0.6 is 0 Å². The van der Waals surface area contributed by atoms with Crippen molar-refractivity contribution in [2.24, 2.45) is 0 Å². The smallest absolute Gasteiger partial charge is 0.336 e. The quantitative estimate of drug-likeness (QED) is 0.359. The van der Waals surface area contributed by atoms with Gasteiger partial charge in [0.05, 0.1) is 37.2 Å². The minimum atomic E-state index is -1.03. The van der Waals surface area contributed by atoms with E-state index < -0.39 is 12.0 Å². The fourth-order valence-electron chi connectivity index (χ4n) is 5.28. The number of carbonyl (C=O) groups excluding carboxylic acids is 1. The Morgan fingerprint density at radius 2 is 1.85 bits per heavy atom. The molecule has 1 amide bonds. The number of hydrogen-bond donors (Lipinski definition) is 1. The third kappa shape index (κ3) is 4.76. The van der Waals surface area contributed by atoms with Crippen molar-refractivity contribution in [3.8, 4) is 17.2 Å². The SMILES string of the molecule is CCc1cc(C)c(C(=O)O)cc1OCC(=O)N1CCc2nc3ccccn3c2C1c1ccc(OC)c(OC)c1. The van der Waals surface area contributed by atoms with Gasteiger partial charge in [0.15, 0.2) is 18.1 Å². The van der Waals surface area contributed by atoms with Gasteiger partial charge in [0.1, 0.15) is 11.4 Å². The number of hydrogen-bond acceptors (Lipinski definition) is 6. The molecule has 0 saturated heterocycles. The lowest BCUT2D eigenvalue weighted by molar-refractivity contribution is -0.135. The number of aryl methyl sites for hydroxylation is 2. The molecular formula is C30H31N3O6. The standard InChI is InChI=1S/C30H31N3O6/c1-5-19-14-18(2)21(30(35)36)16-24(19)39-17-27(34)33-13-11-22-29(32-12-7-6-8-26(32)31-22)28(33)20-9-10-23(37-3)25(15-20)38-4/h6-10,12,14-16,28H,5,11,13,17H2,1-4H3,(H,35,36). The lowest BCUT2D eigenvalue weighted by Crippen LogP contribution is -2.43. The van der Waals surface area contributed by atoms with Gasteiger partial charge in [0.2, 0.25) is 0 Å². The molecule has 0 aliphatic carbocycles. The second-order valence-electron chi connectivity index (χ2n) is 9.45. The number of fused-ring (bicyclic) bond motifs is 3. The van der Waals surface area contributed by atoms with Crippen LogP contribution in [0.2, 0.25) is 0 Å². The molecule has 1 unspecified atom stereocenters. The second-order valence-corrected chi connectivity index (χ2v) is 9.45. The first-order valence-electron chi connectivity index (χ1n) is 12.8. The molecule has 2 aromatic carbocycles. The van der Waals surface area contributed by atoms with Gasteiger partial charge in [-0.15, -0.1) is 0 Å². The maximum Gasteiger partial charge on any atom is 0.336 e. The zero-order chi connectivity index (χ0) is 27.7. The molecule has 5 rings (SSSR count). The predicted molar refractivity (Wildman–Crippen MR) is 145 cm³/mol. The highest BCUT2D eigenvalue weighted by atomic mass is 16.5. The molecule has 0 radical (unpaired) electrons. The van der Waals surface area contributed by atoms with Gasteiger partial charge in [-0.25, -0.2) is 9.78 Å². The van der Waals surface area contributed by atoms with E-state index >= 15 is 0 Å². The van der Waals surface area contributed by atoms with Crippen LogP contribution in [0.15, 0.2) is 54.7 Å². The lowest BCUT2D eigenvalue weighted by Gasteiger charge is -2.36. The van der Waals surface area contributed by atoms with Crippen molar-refractivity contribution in [3.05, 3.63) is 88.4 Å². The van der Waals surface area contributed by atoms with Gasteiger partial charge in [0.25, 0.3) is 5.91 Å². The Balaban J connectivity index is 1.53. The van der Waals surface area contributed by atoms with Crippen LogP contribution in [0.3, 0.4) is 0 Å². The fourth-order valence-corrected chi connectivity index (χ4v) is 5.28. The summed E-state index contributed by atoms with van der Waals surface area (Å²) in [6.07, 6.45) is 3.19. The number of aromatic carboxylic acids is 1. The van der Waals surface area contributed by atoms with Crippen LogP contribution in [0.25, 0.3) is 5.65 Å². The molecule has 9 nitrogen and oxygen atoms in total. The summed E-state index contributed by atoms with van der Waals surface area (Å²) in [5, 5.41) is 9.58. The summed E-state index contributed by atoms with van der Waals surface area (Å²) >= 11 is 0. The Labute approximate surface area is 226 Å². The average Bonchev–Trinajstić information content (AvgIpc) is 3.33. The van der Waals surface area contributed by atoms with Crippen LogP contribution < -0.4 is 14.2 Å². The van der Waals surface area contributed by atoms with E-state index in [1.54, 1.807) is 32.1 Å². The summed E-state index contributed by atoms with van der Waals surface area (Å²) in [5.74, 6) is 0.316. The van der Waals surface area contributed by atoms with Crippen molar-refractivity contribution in [1.82, 2.24) is 14.3 Å². The zero-order valence-electron chi connectivity index (χ0n) is 22.4. The monoisotopic (exact) mass is 529 g/mol. The number of carbonyl (C=O) groups is 2. The molecule has 0 fully saturated rings. The lowest BCUT2D eigenvalue weighted by atomic mass is 9.95. The van der Waals surface area contributed by atoms with E-state index in [1.807, 2.05) is 53.9 Å². The minimum absolute atomic E-state index is 0.159. The number of nitrogens with zero attached hydrogens (tertiary/aromatic N) is 3.